The SMILES string of the molecule is CC(CC1CCCCC1)NCc1cc(-c2ccco2)ccc1NC(=O)Oc1ccccc1. The number of nitrogens with one attached hydrogen (secondary N) is 2. The number of carbonyl (C=O) groups is 1. The van der Waals surface area contributed by atoms with E-state index in [4.69, 9.17) is 9.15 Å². The second-order valence-electron chi connectivity index (χ2n) is 8.70. The van der Waals surface area contributed by atoms with Crippen molar-refractivity contribution in [3.63, 3.8) is 0 Å². The smallest absolute Gasteiger partial charge is 0.417 e. The number of ether oxygens (including phenoxy) is 1. The van der Waals surface area contributed by atoms with Crippen molar-refractivity contribution in [2.75, 3.05) is 5.32 Å². The van der Waals surface area contributed by atoms with E-state index in [2.05, 4.69) is 23.6 Å². The number of amides is 1. The molecule has 1 unspecified atom stereocenters. The fraction of sp³-hybridized carbons (Fsp3) is 0.370. The van der Waals surface area contributed by atoms with Gasteiger partial charge in [-0.15, -0.1) is 0 Å². The summed E-state index contributed by atoms with van der Waals surface area (Å²) in [7, 11) is 0. The van der Waals surface area contributed by atoms with E-state index in [0.717, 1.165) is 28.5 Å². The van der Waals surface area contributed by atoms with E-state index in [1.165, 1.54) is 38.5 Å². The molecular weight excluding hydrogens is 400 g/mol. The Morgan fingerprint density at radius 3 is 2.62 bits per heavy atom. The van der Waals surface area contributed by atoms with Crippen molar-refractivity contribution in [3.8, 4) is 17.1 Å². The predicted octanol–water partition coefficient (Wildman–Crippen LogP) is 7.01. The van der Waals surface area contributed by atoms with E-state index in [-0.39, 0.29) is 0 Å². The number of anilines is 1. The molecule has 0 saturated heterocycles. The highest BCUT2D eigenvalue weighted by Gasteiger charge is 2.17. The molecule has 1 fully saturated rings. The minimum Gasteiger partial charge on any atom is -0.464 e. The second-order valence-corrected chi connectivity index (χ2v) is 8.70. The molecule has 1 atom stereocenters. The average Bonchev–Trinajstić information content (AvgIpc) is 3.35. The first-order chi connectivity index (χ1) is 15.7. The van der Waals surface area contributed by atoms with Crippen molar-refractivity contribution < 1.29 is 13.9 Å². The molecule has 0 bridgehead atoms. The lowest BCUT2D eigenvalue weighted by atomic mass is 9.85. The highest BCUT2D eigenvalue weighted by molar-refractivity contribution is 5.87. The zero-order chi connectivity index (χ0) is 22.2. The van der Waals surface area contributed by atoms with Crippen molar-refractivity contribution in [2.24, 2.45) is 5.92 Å². The number of carbonyl (C=O) groups excluding carboxylic acids is 1. The van der Waals surface area contributed by atoms with Gasteiger partial charge in [0.25, 0.3) is 0 Å². The summed E-state index contributed by atoms with van der Waals surface area (Å²) in [5.41, 5.74) is 2.71. The lowest BCUT2D eigenvalue weighted by Crippen LogP contribution is -2.29. The Hall–Kier alpha value is -3.05. The predicted molar refractivity (Wildman–Crippen MR) is 128 cm³/mol. The fourth-order valence-electron chi connectivity index (χ4n) is 4.48. The molecule has 1 aliphatic carbocycles. The van der Waals surface area contributed by atoms with E-state index >= 15 is 0 Å². The highest BCUT2D eigenvalue weighted by atomic mass is 16.6. The molecule has 3 aromatic rings. The summed E-state index contributed by atoms with van der Waals surface area (Å²) in [6.07, 6.45) is 9.15. The molecule has 0 radical (unpaired) electrons. The number of hydrogen-bond acceptors (Lipinski definition) is 4. The van der Waals surface area contributed by atoms with Crippen molar-refractivity contribution in [1.29, 1.82) is 0 Å². The van der Waals surface area contributed by atoms with Crippen LogP contribution < -0.4 is 15.4 Å². The Morgan fingerprint density at radius 1 is 1.06 bits per heavy atom. The molecular formula is C27H32N2O3. The van der Waals surface area contributed by atoms with Crippen molar-refractivity contribution >= 4 is 11.8 Å². The summed E-state index contributed by atoms with van der Waals surface area (Å²) in [6.45, 7) is 2.91. The largest absolute Gasteiger partial charge is 0.464 e. The first kappa shape index (κ1) is 22.2. The topological polar surface area (TPSA) is 63.5 Å². The molecule has 2 aromatic carbocycles. The third-order valence-corrected chi connectivity index (χ3v) is 6.15. The summed E-state index contributed by atoms with van der Waals surface area (Å²) in [6, 6.07) is 19.2. The summed E-state index contributed by atoms with van der Waals surface area (Å²) in [5.74, 6) is 2.14. The van der Waals surface area contributed by atoms with Crippen LogP contribution in [0.4, 0.5) is 10.5 Å². The Kier molecular flexibility index (Phi) is 7.62. The molecule has 168 valence electrons. The first-order valence-electron chi connectivity index (χ1n) is 11.6. The van der Waals surface area contributed by atoms with Gasteiger partial charge < -0.3 is 14.5 Å². The first-order valence-corrected chi connectivity index (χ1v) is 11.6. The molecule has 0 spiro atoms. The maximum atomic E-state index is 12.5. The van der Waals surface area contributed by atoms with Crippen LogP contribution in [0.5, 0.6) is 5.75 Å². The van der Waals surface area contributed by atoms with Crippen LogP contribution in [0.1, 0.15) is 51.0 Å². The van der Waals surface area contributed by atoms with Gasteiger partial charge in [0.1, 0.15) is 11.5 Å². The molecule has 1 aliphatic rings. The minimum absolute atomic E-state index is 0.412. The molecule has 2 N–H and O–H groups in total. The van der Waals surface area contributed by atoms with Gasteiger partial charge in [0, 0.05) is 23.8 Å². The van der Waals surface area contributed by atoms with Crippen molar-refractivity contribution in [1.82, 2.24) is 5.32 Å². The van der Waals surface area contributed by atoms with E-state index in [1.54, 1.807) is 18.4 Å². The van der Waals surface area contributed by atoms with Crippen LogP contribution in [0.2, 0.25) is 0 Å². The Bertz CT molecular complexity index is 979. The average molecular weight is 433 g/mol. The maximum absolute atomic E-state index is 12.5. The van der Waals surface area contributed by atoms with Crippen LogP contribution in [0.15, 0.2) is 71.3 Å². The summed E-state index contributed by atoms with van der Waals surface area (Å²) >= 11 is 0. The van der Waals surface area contributed by atoms with Gasteiger partial charge in [-0.3, -0.25) is 5.32 Å². The maximum Gasteiger partial charge on any atom is 0.417 e. The van der Waals surface area contributed by atoms with E-state index in [0.29, 0.717) is 18.3 Å². The minimum atomic E-state index is -0.501. The lowest BCUT2D eigenvalue weighted by molar-refractivity contribution is 0.215. The summed E-state index contributed by atoms with van der Waals surface area (Å²) in [5, 5.41) is 6.56. The molecule has 1 heterocycles. The summed E-state index contributed by atoms with van der Waals surface area (Å²) in [4.78, 5) is 12.5. The number of para-hydroxylation sites is 1. The van der Waals surface area contributed by atoms with Crippen LogP contribution in [-0.2, 0) is 6.54 Å². The van der Waals surface area contributed by atoms with E-state index in [1.807, 2.05) is 42.5 Å². The van der Waals surface area contributed by atoms with Gasteiger partial charge in [-0.25, -0.2) is 4.79 Å². The van der Waals surface area contributed by atoms with E-state index < -0.39 is 6.09 Å². The normalized spacial score (nSPS) is 15.3. The summed E-state index contributed by atoms with van der Waals surface area (Å²) < 4.78 is 11.0. The van der Waals surface area contributed by atoms with Crippen LogP contribution in [0.3, 0.4) is 0 Å². The van der Waals surface area contributed by atoms with E-state index in [9.17, 15) is 4.79 Å². The van der Waals surface area contributed by atoms with Crippen LogP contribution in [0, 0.1) is 5.92 Å². The monoisotopic (exact) mass is 432 g/mol. The molecule has 32 heavy (non-hydrogen) atoms. The zero-order valence-electron chi connectivity index (χ0n) is 18.7. The van der Waals surface area contributed by atoms with Crippen LogP contribution in [-0.4, -0.2) is 12.1 Å². The molecule has 5 nitrogen and oxygen atoms in total. The van der Waals surface area contributed by atoms with Gasteiger partial charge >= 0.3 is 6.09 Å². The Balaban J connectivity index is 1.44. The lowest BCUT2D eigenvalue weighted by Gasteiger charge is -2.25. The Labute approximate surface area is 190 Å². The number of furan rings is 1. The number of benzene rings is 2. The van der Waals surface area contributed by atoms with Gasteiger partial charge in [0.15, 0.2) is 0 Å². The number of hydrogen-bond donors (Lipinski definition) is 2. The standard InChI is InChI=1S/C27H32N2O3/c1-20(17-21-9-4-2-5-10-21)28-19-23-18-22(26-13-8-16-31-26)14-15-25(23)29-27(30)32-24-11-6-3-7-12-24/h3,6-8,11-16,18,20-21,28H,2,4-5,9-10,17,19H2,1H3,(H,29,30). The highest BCUT2D eigenvalue weighted by Crippen LogP contribution is 2.29. The molecule has 4 rings (SSSR count). The molecule has 1 saturated carbocycles. The van der Waals surface area contributed by atoms with Crippen LogP contribution in [0.25, 0.3) is 11.3 Å². The van der Waals surface area contributed by atoms with Crippen molar-refractivity contribution in [2.45, 2.75) is 58.0 Å². The number of rotatable bonds is 8. The third-order valence-electron chi connectivity index (χ3n) is 6.15. The van der Waals surface area contributed by atoms with Crippen LogP contribution >= 0.6 is 0 Å². The Morgan fingerprint density at radius 2 is 1.88 bits per heavy atom. The quantitative estimate of drug-likeness (QED) is 0.402. The molecule has 1 amide bonds. The third kappa shape index (κ3) is 6.24. The van der Waals surface area contributed by atoms with Gasteiger partial charge in [-0.05, 0) is 67.3 Å². The van der Waals surface area contributed by atoms with Gasteiger partial charge in [0.2, 0.25) is 0 Å². The second kappa shape index (κ2) is 11.0. The van der Waals surface area contributed by atoms with Gasteiger partial charge in [0.05, 0.1) is 6.26 Å². The molecule has 5 heteroatoms. The van der Waals surface area contributed by atoms with Gasteiger partial charge in [-0.1, -0.05) is 50.3 Å². The van der Waals surface area contributed by atoms with Gasteiger partial charge in [-0.2, -0.15) is 0 Å². The zero-order valence-corrected chi connectivity index (χ0v) is 18.7. The molecule has 0 aliphatic heterocycles. The van der Waals surface area contributed by atoms with Crippen molar-refractivity contribution in [3.05, 3.63) is 72.5 Å². The molecule has 1 aromatic heterocycles. The fourth-order valence-corrected chi connectivity index (χ4v) is 4.48.